The predicted octanol–water partition coefficient (Wildman–Crippen LogP) is 19.8. The van der Waals surface area contributed by atoms with Gasteiger partial charge in [-0.05, 0) is 57.8 Å². The van der Waals surface area contributed by atoms with Gasteiger partial charge in [0.1, 0.15) is 13.2 Å². The molecule has 0 heterocycles. The highest BCUT2D eigenvalue weighted by Crippen LogP contribution is 2.17. The largest absolute Gasteiger partial charge is 0.462 e. The minimum atomic E-state index is -0.768. The highest BCUT2D eigenvalue weighted by molar-refractivity contribution is 5.71. The number of carbonyl (C=O) groups excluding carboxylic acids is 3. The van der Waals surface area contributed by atoms with Gasteiger partial charge in [0, 0.05) is 19.3 Å². The Morgan fingerprint density at radius 2 is 0.574 bits per heavy atom. The SMILES string of the molecule is CC/C=C\C/C=C\C/C=C\C/C=C\CCCCCCCCCCCCCCC(=O)OCC(COC(=O)CCCCCCCCCCCCC)OC(=O)CCCCCCCCCCCCCCCC. The van der Waals surface area contributed by atoms with Crippen LogP contribution < -0.4 is 0 Å². The predicted molar refractivity (Wildman–Crippen MR) is 293 cm³/mol. The van der Waals surface area contributed by atoms with Gasteiger partial charge in [0.2, 0.25) is 0 Å². The number of allylic oxidation sites excluding steroid dienone is 8. The van der Waals surface area contributed by atoms with E-state index in [1.807, 2.05) is 0 Å². The van der Waals surface area contributed by atoms with E-state index in [0.29, 0.717) is 19.3 Å². The maximum atomic E-state index is 12.8. The van der Waals surface area contributed by atoms with E-state index < -0.39 is 6.10 Å². The zero-order valence-electron chi connectivity index (χ0n) is 45.4. The molecule has 0 saturated carbocycles. The highest BCUT2D eigenvalue weighted by Gasteiger charge is 2.19. The van der Waals surface area contributed by atoms with Crippen LogP contribution in [0, 0.1) is 0 Å². The summed E-state index contributed by atoms with van der Waals surface area (Å²) < 4.78 is 16.9. The molecule has 0 amide bonds. The fourth-order valence-electron chi connectivity index (χ4n) is 8.67. The van der Waals surface area contributed by atoms with Gasteiger partial charge in [0.05, 0.1) is 0 Å². The van der Waals surface area contributed by atoms with E-state index in [-0.39, 0.29) is 31.1 Å². The van der Waals surface area contributed by atoms with Crippen molar-refractivity contribution >= 4 is 17.9 Å². The number of ether oxygens (including phenoxy) is 3. The molecule has 0 saturated heterocycles. The van der Waals surface area contributed by atoms with E-state index in [9.17, 15) is 14.4 Å². The summed E-state index contributed by atoms with van der Waals surface area (Å²) in [5.41, 5.74) is 0. The van der Waals surface area contributed by atoms with Crippen molar-refractivity contribution in [2.75, 3.05) is 13.2 Å². The number of unbranched alkanes of at least 4 members (excludes halogenated alkanes) is 35. The van der Waals surface area contributed by atoms with Crippen LogP contribution in [-0.4, -0.2) is 37.2 Å². The van der Waals surface area contributed by atoms with Crippen LogP contribution in [0.3, 0.4) is 0 Å². The first-order valence-electron chi connectivity index (χ1n) is 29.6. The summed E-state index contributed by atoms with van der Waals surface area (Å²) in [4.78, 5) is 38.1. The monoisotopic (exact) mass is 953 g/mol. The molecule has 0 aromatic carbocycles. The lowest BCUT2D eigenvalue weighted by Crippen LogP contribution is -2.30. The summed E-state index contributed by atoms with van der Waals surface area (Å²) >= 11 is 0. The summed E-state index contributed by atoms with van der Waals surface area (Å²) in [6, 6.07) is 0. The summed E-state index contributed by atoms with van der Waals surface area (Å²) in [5, 5.41) is 0. The maximum Gasteiger partial charge on any atom is 0.306 e. The molecule has 1 unspecified atom stereocenters. The molecule has 0 aliphatic rings. The van der Waals surface area contributed by atoms with Crippen molar-refractivity contribution in [1.82, 2.24) is 0 Å². The molecule has 0 aliphatic carbocycles. The van der Waals surface area contributed by atoms with Gasteiger partial charge in [0.15, 0.2) is 6.10 Å². The van der Waals surface area contributed by atoms with Gasteiger partial charge < -0.3 is 14.2 Å². The molecule has 1 atom stereocenters. The van der Waals surface area contributed by atoms with Crippen molar-refractivity contribution in [3.63, 3.8) is 0 Å². The van der Waals surface area contributed by atoms with Crippen LogP contribution >= 0.6 is 0 Å². The minimum absolute atomic E-state index is 0.0681. The molecular formula is C62H112O6. The lowest BCUT2D eigenvalue weighted by molar-refractivity contribution is -0.167. The van der Waals surface area contributed by atoms with Crippen LogP contribution in [0.15, 0.2) is 48.6 Å². The fraction of sp³-hybridized carbons (Fsp3) is 0.823. The molecule has 0 fully saturated rings. The first-order valence-corrected chi connectivity index (χ1v) is 29.6. The lowest BCUT2D eigenvalue weighted by Gasteiger charge is -2.18. The van der Waals surface area contributed by atoms with Gasteiger partial charge in [-0.2, -0.15) is 0 Å². The Kier molecular flexibility index (Phi) is 54.8. The second-order valence-corrected chi connectivity index (χ2v) is 19.9. The Hall–Kier alpha value is -2.63. The Morgan fingerprint density at radius 3 is 0.897 bits per heavy atom. The van der Waals surface area contributed by atoms with Crippen molar-refractivity contribution in [2.45, 2.75) is 316 Å². The van der Waals surface area contributed by atoms with Crippen LogP contribution in [0.1, 0.15) is 310 Å². The third kappa shape index (κ3) is 54.3. The second kappa shape index (κ2) is 57.0. The Labute approximate surface area is 422 Å². The summed E-state index contributed by atoms with van der Waals surface area (Å²) in [7, 11) is 0. The summed E-state index contributed by atoms with van der Waals surface area (Å²) in [5.74, 6) is -0.854. The number of rotatable bonds is 54. The molecule has 0 bridgehead atoms. The molecule has 0 aromatic rings. The smallest absolute Gasteiger partial charge is 0.306 e. The summed E-state index contributed by atoms with van der Waals surface area (Å²) in [6.45, 7) is 6.56. The Bertz CT molecular complexity index is 1190. The Balaban J connectivity index is 4.21. The highest BCUT2D eigenvalue weighted by atomic mass is 16.6. The van der Waals surface area contributed by atoms with Crippen LogP contribution in [0.4, 0.5) is 0 Å². The normalized spacial score (nSPS) is 12.3. The van der Waals surface area contributed by atoms with Crippen molar-refractivity contribution < 1.29 is 28.6 Å². The molecule has 0 aromatic heterocycles. The third-order valence-electron chi connectivity index (χ3n) is 13.1. The number of hydrogen-bond donors (Lipinski definition) is 0. The van der Waals surface area contributed by atoms with Crippen LogP contribution in [-0.2, 0) is 28.6 Å². The molecular weight excluding hydrogens is 841 g/mol. The fourth-order valence-corrected chi connectivity index (χ4v) is 8.67. The topological polar surface area (TPSA) is 78.9 Å². The second-order valence-electron chi connectivity index (χ2n) is 19.9. The van der Waals surface area contributed by atoms with Crippen LogP contribution in [0.5, 0.6) is 0 Å². The molecule has 68 heavy (non-hydrogen) atoms. The zero-order valence-corrected chi connectivity index (χ0v) is 45.4. The van der Waals surface area contributed by atoms with E-state index in [1.165, 1.54) is 186 Å². The molecule has 6 nitrogen and oxygen atoms in total. The maximum absolute atomic E-state index is 12.8. The number of hydrogen-bond acceptors (Lipinski definition) is 6. The molecule has 0 radical (unpaired) electrons. The molecule has 6 heteroatoms. The van der Waals surface area contributed by atoms with E-state index in [4.69, 9.17) is 14.2 Å². The zero-order chi connectivity index (χ0) is 49.3. The first-order chi connectivity index (χ1) is 33.5. The molecule has 0 rings (SSSR count). The number of esters is 3. The lowest BCUT2D eigenvalue weighted by atomic mass is 10.0. The van der Waals surface area contributed by atoms with Gasteiger partial charge in [0.25, 0.3) is 0 Å². The van der Waals surface area contributed by atoms with E-state index >= 15 is 0 Å². The molecule has 0 spiro atoms. The van der Waals surface area contributed by atoms with Crippen LogP contribution in [0.25, 0.3) is 0 Å². The van der Waals surface area contributed by atoms with Gasteiger partial charge in [-0.15, -0.1) is 0 Å². The Morgan fingerprint density at radius 1 is 0.309 bits per heavy atom. The van der Waals surface area contributed by atoms with Crippen molar-refractivity contribution in [2.24, 2.45) is 0 Å². The average Bonchev–Trinajstić information content (AvgIpc) is 3.34. The van der Waals surface area contributed by atoms with Gasteiger partial charge in [-0.3, -0.25) is 14.4 Å². The van der Waals surface area contributed by atoms with Crippen molar-refractivity contribution in [3.8, 4) is 0 Å². The van der Waals surface area contributed by atoms with Gasteiger partial charge in [-0.1, -0.05) is 281 Å². The third-order valence-corrected chi connectivity index (χ3v) is 13.1. The van der Waals surface area contributed by atoms with E-state index in [1.54, 1.807) is 0 Å². The van der Waals surface area contributed by atoms with Gasteiger partial charge >= 0.3 is 17.9 Å². The van der Waals surface area contributed by atoms with Crippen molar-refractivity contribution in [1.29, 1.82) is 0 Å². The standard InChI is InChI=1S/C62H112O6/c1-4-7-10-13-16-19-22-24-26-27-28-29-30-31-32-33-34-35-36-38-40-43-46-49-52-55-61(64)67-58-59(57-66-60(63)54-51-48-45-42-39-21-18-15-12-9-6-3)68-62(65)56-53-50-47-44-41-37-25-23-20-17-14-11-8-5-2/h7,10,16,19,24,26,28-29,59H,4-6,8-9,11-15,17-18,20-23,25,27,30-58H2,1-3H3/b10-7-,19-16-,26-24-,29-28-. The van der Waals surface area contributed by atoms with E-state index in [0.717, 1.165) is 83.5 Å². The molecule has 0 aliphatic heterocycles. The summed E-state index contributed by atoms with van der Waals surface area (Å²) in [6.07, 6.45) is 69.7. The van der Waals surface area contributed by atoms with Crippen LogP contribution in [0.2, 0.25) is 0 Å². The molecule has 0 N–H and O–H groups in total. The molecule has 396 valence electrons. The van der Waals surface area contributed by atoms with Gasteiger partial charge in [-0.25, -0.2) is 0 Å². The van der Waals surface area contributed by atoms with Crippen molar-refractivity contribution in [3.05, 3.63) is 48.6 Å². The number of carbonyl (C=O) groups is 3. The average molecular weight is 954 g/mol. The van der Waals surface area contributed by atoms with E-state index in [2.05, 4.69) is 69.4 Å². The first kappa shape index (κ1) is 65.4. The quantitative estimate of drug-likeness (QED) is 0.0262. The minimum Gasteiger partial charge on any atom is -0.462 e.